The van der Waals surface area contributed by atoms with Crippen LogP contribution in [0.15, 0.2) is 51.3 Å². The summed E-state index contributed by atoms with van der Waals surface area (Å²) in [5.74, 6) is -0.320. The van der Waals surface area contributed by atoms with Crippen LogP contribution in [0.3, 0.4) is 0 Å². The van der Waals surface area contributed by atoms with Gasteiger partial charge in [-0.3, -0.25) is 9.59 Å². The largest absolute Gasteiger partial charge is 0.465 e. The highest BCUT2D eigenvalue weighted by molar-refractivity contribution is 6.04. The van der Waals surface area contributed by atoms with Crippen LogP contribution in [0.25, 0.3) is 6.08 Å². The minimum Gasteiger partial charge on any atom is -0.465 e. The van der Waals surface area contributed by atoms with Gasteiger partial charge in [-0.05, 0) is 38.1 Å². The molecular weight excluding hydrogens is 272 g/mol. The summed E-state index contributed by atoms with van der Waals surface area (Å²) in [6.45, 7) is 3.66. The molecule has 2 heterocycles. The van der Waals surface area contributed by atoms with Crippen LogP contribution in [0.1, 0.15) is 30.2 Å². The second kappa shape index (κ2) is 6.60. The molecule has 0 atom stereocenters. The first-order chi connectivity index (χ1) is 10.1. The number of amides is 2. The van der Waals surface area contributed by atoms with Gasteiger partial charge in [0.15, 0.2) is 5.76 Å². The highest BCUT2D eigenvalue weighted by Gasteiger charge is 2.17. The number of nitrogens with one attached hydrogen (secondary N) is 2. The molecule has 0 aliphatic heterocycles. The van der Waals surface area contributed by atoms with Gasteiger partial charge in [0.25, 0.3) is 11.8 Å². The summed E-state index contributed by atoms with van der Waals surface area (Å²) in [6, 6.07) is 6.43. The molecule has 110 valence electrons. The van der Waals surface area contributed by atoms with Gasteiger partial charge in [0, 0.05) is 12.1 Å². The van der Waals surface area contributed by atoms with Crippen LogP contribution >= 0.6 is 0 Å². The van der Waals surface area contributed by atoms with E-state index >= 15 is 0 Å². The second-order valence-electron chi connectivity index (χ2n) is 4.63. The first kappa shape index (κ1) is 14.6. The molecule has 2 N–H and O–H groups in total. The molecule has 21 heavy (non-hydrogen) atoms. The van der Waals surface area contributed by atoms with E-state index in [0.29, 0.717) is 5.76 Å². The highest BCUT2D eigenvalue weighted by atomic mass is 16.3. The fourth-order valence-corrected chi connectivity index (χ4v) is 1.61. The van der Waals surface area contributed by atoms with Crippen molar-refractivity contribution in [3.8, 4) is 0 Å². The lowest BCUT2D eigenvalue weighted by atomic mass is 10.2. The Labute approximate surface area is 121 Å². The summed E-state index contributed by atoms with van der Waals surface area (Å²) in [6.07, 6.45) is 4.33. The van der Waals surface area contributed by atoms with Crippen molar-refractivity contribution in [2.75, 3.05) is 0 Å². The van der Waals surface area contributed by atoms with Crippen LogP contribution in [-0.2, 0) is 4.79 Å². The van der Waals surface area contributed by atoms with E-state index in [2.05, 4.69) is 10.6 Å². The van der Waals surface area contributed by atoms with E-state index in [4.69, 9.17) is 8.83 Å². The van der Waals surface area contributed by atoms with Gasteiger partial charge in [0.1, 0.15) is 11.5 Å². The molecular formula is C15H16N2O4. The number of carbonyl (C=O) groups excluding carboxylic acids is 2. The van der Waals surface area contributed by atoms with Crippen LogP contribution < -0.4 is 10.6 Å². The van der Waals surface area contributed by atoms with E-state index in [1.165, 1.54) is 24.7 Å². The molecule has 0 spiro atoms. The lowest BCUT2D eigenvalue weighted by molar-refractivity contribution is -0.118. The average Bonchev–Trinajstić information content (AvgIpc) is 3.10. The number of furan rings is 2. The Kier molecular flexibility index (Phi) is 4.61. The molecule has 0 radical (unpaired) electrons. The maximum Gasteiger partial charge on any atom is 0.291 e. The van der Waals surface area contributed by atoms with Gasteiger partial charge < -0.3 is 19.5 Å². The zero-order valence-corrected chi connectivity index (χ0v) is 11.8. The summed E-state index contributed by atoms with van der Waals surface area (Å²) in [7, 11) is 0. The third-order valence-corrected chi connectivity index (χ3v) is 2.49. The second-order valence-corrected chi connectivity index (χ2v) is 4.63. The van der Waals surface area contributed by atoms with Crippen molar-refractivity contribution < 1.29 is 18.4 Å². The van der Waals surface area contributed by atoms with Crippen LogP contribution in [-0.4, -0.2) is 17.9 Å². The van der Waals surface area contributed by atoms with E-state index in [9.17, 15) is 9.59 Å². The number of hydrogen-bond donors (Lipinski definition) is 2. The predicted octanol–water partition coefficient (Wildman–Crippen LogP) is 2.17. The SMILES string of the molecule is CC(C)NC(=O)C(=Cc1ccco1)NC(=O)c1ccco1. The van der Waals surface area contributed by atoms with Gasteiger partial charge in [-0.2, -0.15) is 0 Å². The van der Waals surface area contributed by atoms with Gasteiger partial charge in [0.05, 0.1) is 12.5 Å². The van der Waals surface area contributed by atoms with Gasteiger partial charge in [-0.1, -0.05) is 0 Å². The summed E-state index contributed by atoms with van der Waals surface area (Å²) < 4.78 is 10.2. The van der Waals surface area contributed by atoms with Gasteiger partial charge in [-0.25, -0.2) is 0 Å². The first-order valence-electron chi connectivity index (χ1n) is 6.47. The number of rotatable bonds is 5. The van der Waals surface area contributed by atoms with Crippen molar-refractivity contribution in [1.29, 1.82) is 0 Å². The van der Waals surface area contributed by atoms with E-state index in [1.54, 1.807) is 18.2 Å². The zero-order chi connectivity index (χ0) is 15.2. The van der Waals surface area contributed by atoms with Crippen molar-refractivity contribution in [3.05, 3.63) is 54.0 Å². The summed E-state index contributed by atoms with van der Waals surface area (Å²) in [5.41, 5.74) is 0.0834. The molecule has 0 aliphatic rings. The maximum atomic E-state index is 12.1. The Morgan fingerprint density at radius 1 is 1.14 bits per heavy atom. The van der Waals surface area contributed by atoms with E-state index < -0.39 is 11.8 Å². The van der Waals surface area contributed by atoms with Gasteiger partial charge >= 0.3 is 0 Å². The third-order valence-electron chi connectivity index (χ3n) is 2.49. The Balaban J connectivity index is 2.20. The van der Waals surface area contributed by atoms with Crippen molar-refractivity contribution in [2.45, 2.75) is 19.9 Å². The Morgan fingerprint density at radius 2 is 1.86 bits per heavy atom. The number of carbonyl (C=O) groups is 2. The predicted molar refractivity (Wildman–Crippen MR) is 76.1 cm³/mol. The quantitative estimate of drug-likeness (QED) is 0.826. The Hall–Kier alpha value is -2.76. The Bertz CT molecular complexity index is 625. The fraction of sp³-hybridized carbons (Fsp3) is 0.200. The Morgan fingerprint density at radius 3 is 2.43 bits per heavy atom. The van der Waals surface area contributed by atoms with Crippen molar-refractivity contribution in [2.24, 2.45) is 0 Å². The van der Waals surface area contributed by atoms with Gasteiger partial charge in [-0.15, -0.1) is 0 Å². The van der Waals surface area contributed by atoms with E-state index in [-0.39, 0.29) is 17.5 Å². The van der Waals surface area contributed by atoms with E-state index in [0.717, 1.165) is 0 Å². The van der Waals surface area contributed by atoms with Crippen molar-refractivity contribution in [1.82, 2.24) is 10.6 Å². The molecule has 2 rings (SSSR count). The van der Waals surface area contributed by atoms with Crippen LogP contribution in [0.2, 0.25) is 0 Å². The topological polar surface area (TPSA) is 84.5 Å². The molecule has 2 aromatic heterocycles. The van der Waals surface area contributed by atoms with Crippen LogP contribution in [0.5, 0.6) is 0 Å². The van der Waals surface area contributed by atoms with E-state index in [1.807, 2.05) is 13.8 Å². The smallest absolute Gasteiger partial charge is 0.291 e. The number of hydrogen-bond acceptors (Lipinski definition) is 4. The monoisotopic (exact) mass is 288 g/mol. The molecule has 0 unspecified atom stereocenters. The minimum atomic E-state index is -0.503. The molecule has 0 saturated heterocycles. The standard InChI is InChI=1S/C15H16N2O4/c1-10(2)16-14(18)12(9-11-5-3-7-20-11)17-15(19)13-6-4-8-21-13/h3-10H,1-2H3,(H,16,18)(H,17,19). The average molecular weight is 288 g/mol. The molecule has 0 aliphatic carbocycles. The molecule has 0 bridgehead atoms. The van der Waals surface area contributed by atoms with Crippen molar-refractivity contribution >= 4 is 17.9 Å². The molecule has 6 heteroatoms. The van der Waals surface area contributed by atoms with Crippen molar-refractivity contribution in [3.63, 3.8) is 0 Å². The lowest BCUT2D eigenvalue weighted by Gasteiger charge is -2.11. The van der Waals surface area contributed by atoms with Gasteiger partial charge in [0.2, 0.25) is 0 Å². The molecule has 0 saturated carbocycles. The zero-order valence-electron chi connectivity index (χ0n) is 11.8. The molecule has 0 fully saturated rings. The normalized spacial score (nSPS) is 11.5. The van der Waals surface area contributed by atoms with Crippen LogP contribution in [0.4, 0.5) is 0 Å². The first-order valence-corrected chi connectivity index (χ1v) is 6.47. The molecule has 2 aromatic rings. The molecule has 2 amide bonds. The molecule has 0 aromatic carbocycles. The maximum absolute atomic E-state index is 12.1. The summed E-state index contributed by atoms with van der Waals surface area (Å²) >= 11 is 0. The van der Waals surface area contributed by atoms with Crippen LogP contribution in [0, 0.1) is 0 Å². The highest BCUT2D eigenvalue weighted by Crippen LogP contribution is 2.08. The summed E-state index contributed by atoms with van der Waals surface area (Å²) in [5, 5.41) is 5.23. The third kappa shape index (κ3) is 4.10. The lowest BCUT2D eigenvalue weighted by Crippen LogP contribution is -2.37. The minimum absolute atomic E-state index is 0.0574. The molecule has 6 nitrogen and oxygen atoms in total. The summed E-state index contributed by atoms with van der Waals surface area (Å²) in [4.78, 5) is 24.1. The fourth-order valence-electron chi connectivity index (χ4n) is 1.61.